The number of ether oxygens (including phenoxy) is 1. The van der Waals surface area contributed by atoms with E-state index in [0.29, 0.717) is 6.10 Å². The van der Waals surface area contributed by atoms with Gasteiger partial charge in [-0.3, -0.25) is 4.90 Å². The second-order valence-corrected chi connectivity index (χ2v) is 6.85. The van der Waals surface area contributed by atoms with E-state index in [-0.39, 0.29) is 0 Å². The molecule has 1 aromatic rings. The second kappa shape index (κ2) is 5.58. The van der Waals surface area contributed by atoms with Crippen LogP contribution in [0.4, 0.5) is 0 Å². The molecule has 0 bridgehead atoms. The van der Waals surface area contributed by atoms with Crippen LogP contribution in [-0.4, -0.2) is 53.6 Å². The van der Waals surface area contributed by atoms with Gasteiger partial charge in [-0.2, -0.15) is 0 Å². The Morgan fingerprint density at radius 2 is 2.10 bits per heavy atom. The van der Waals surface area contributed by atoms with Gasteiger partial charge in [0.2, 0.25) is 5.88 Å². The summed E-state index contributed by atoms with van der Waals surface area (Å²) in [4.78, 5) is 9.71. The zero-order valence-electron chi connectivity index (χ0n) is 12.9. The summed E-state index contributed by atoms with van der Waals surface area (Å²) in [6.07, 6.45) is 6.71. The van der Waals surface area contributed by atoms with Gasteiger partial charge >= 0.3 is 0 Å². The second-order valence-electron chi connectivity index (χ2n) is 6.85. The molecule has 1 saturated heterocycles. The van der Waals surface area contributed by atoms with Gasteiger partial charge < -0.3 is 9.64 Å². The van der Waals surface area contributed by atoms with Crippen LogP contribution >= 0.6 is 0 Å². The maximum atomic E-state index is 6.15. The molecule has 1 saturated carbocycles. The molecule has 0 spiro atoms. The first kappa shape index (κ1) is 13.5. The molecule has 0 aromatic carbocycles. The summed E-state index contributed by atoms with van der Waals surface area (Å²) >= 11 is 0. The molecule has 1 aromatic heterocycles. The third-order valence-corrected chi connectivity index (χ3v) is 5.27. The number of aromatic nitrogens is 1. The fraction of sp³-hybridized carbons (Fsp3) is 0.706. The van der Waals surface area contributed by atoms with E-state index in [1.807, 2.05) is 0 Å². The summed E-state index contributed by atoms with van der Waals surface area (Å²) in [7, 11) is 2.17. The number of hydrogen-bond donors (Lipinski definition) is 0. The van der Waals surface area contributed by atoms with Crippen molar-refractivity contribution < 1.29 is 4.74 Å². The zero-order chi connectivity index (χ0) is 14.2. The molecule has 1 atom stereocenters. The van der Waals surface area contributed by atoms with Crippen LogP contribution < -0.4 is 4.74 Å². The van der Waals surface area contributed by atoms with Gasteiger partial charge in [0.1, 0.15) is 6.10 Å². The van der Waals surface area contributed by atoms with Crippen molar-refractivity contribution >= 4 is 0 Å². The normalized spacial score (nSPS) is 27.4. The van der Waals surface area contributed by atoms with E-state index in [9.17, 15) is 0 Å². The molecule has 0 radical (unpaired) electrons. The van der Waals surface area contributed by atoms with Crippen LogP contribution in [0.2, 0.25) is 0 Å². The van der Waals surface area contributed by atoms with Gasteiger partial charge in [0.05, 0.1) is 5.69 Å². The lowest BCUT2D eigenvalue weighted by molar-refractivity contribution is 0.131. The Morgan fingerprint density at radius 1 is 1.19 bits per heavy atom. The number of likely N-dealkylation sites (tertiary alicyclic amines) is 1. The Morgan fingerprint density at radius 3 is 2.90 bits per heavy atom. The number of fused-ring (bicyclic) bond motifs is 1. The molecule has 0 amide bonds. The maximum absolute atomic E-state index is 6.15. The fourth-order valence-electron chi connectivity index (χ4n) is 3.71. The predicted octanol–water partition coefficient (Wildman–Crippen LogP) is 2.08. The molecular formula is C17H25N3O. The molecule has 114 valence electrons. The molecule has 1 aliphatic carbocycles. The van der Waals surface area contributed by atoms with E-state index >= 15 is 0 Å². The minimum Gasteiger partial charge on any atom is -0.473 e. The van der Waals surface area contributed by atoms with Crippen LogP contribution in [0.3, 0.4) is 0 Å². The van der Waals surface area contributed by atoms with Crippen LogP contribution in [0.25, 0.3) is 0 Å². The van der Waals surface area contributed by atoms with Gasteiger partial charge in [0.25, 0.3) is 0 Å². The van der Waals surface area contributed by atoms with E-state index in [0.717, 1.165) is 44.4 Å². The molecule has 4 heteroatoms. The first-order valence-corrected chi connectivity index (χ1v) is 8.36. The van der Waals surface area contributed by atoms with E-state index in [4.69, 9.17) is 9.72 Å². The molecule has 3 aliphatic rings. The van der Waals surface area contributed by atoms with Crippen molar-refractivity contribution in [3.05, 3.63) is 23.4 Å². The van der Waals surface area contributed by atoms with Crippen LogP contribution in [0.15, 0.2) is 12.1 Å². The van der Waals surface area contributed by atoms with Gasteiger partial charge in [0.15, 0.2) is 0 Å². The number of hydrogen-bond acceptors (Lipinski definition) is 4. The Balaban J connectivity index is 1.39. The summed E-state index contributed by atoms with van der Waals surface area (Å²) in [5.41, 5.74) is 2.60. The number of likely N-dealkylation sites (N-methyl/N-ethyl adjacent to an activating group) is 1. The SMILES string of the molecule is CN1CCc2nc(O[C@@H]3CCN(C4CCC4)C3)ccc2C1. The topological polar surface area (TPSA) is 28.6 Å². The van der Waals surface area contributed by atoms with Crippen molar-refractivity contribution in [1.29, 1.82) is 0 Å². The largest absolute Gasteiger partial charge is 0.473 e. The Kier molecular flexibility index (Phi) is 3.59. The summed E-state index contributed by atoms with van der Waals surface area (Å²) < 4.78 is 6.15. The smallest absolute Gasteiger partial charge is 0.213 e. The number of pyridine rings is 1. The maximum Gasteiger partial charge on any atom is 0.213 e. The van der Waals surface area contributed by atoms with Crippen molar-refractivity contribution in [2.45, 2.75) is 50.8 Å². The first-order chi connectivity index (χ1) is 10.3. The highest BCUT2D eigenvalue weighted by atomic mass is 16.5. The summed E-state index contributed by atoms with van der Waals surface area (Å²) in [6, 6.07) is 5.10. The molecule has 0 unspecified atom stereocenters. The van der Waals surface area contributed by atoms with Crippen molar-refractivity contribution in [2.24, 2.45) is 0 Å². The lowest BCUT2D eigenvalue weighted by atomic mass is 9.92. The van der Waals surface area contributed by atoms with Crippen molar-refractivity contribution in [1.82, 2.24) is 14.8 Å². The van der Waals surface area contributed by atoms with E-state index in [1.54, 1.807) is 0 Å². The minimum absolute atomic E-state index is 0.336. The molecule has 3 heterocycles. The van der Waals surface area contributed by atoms with Crippen molar-refractivity contribution in [3.8, 4) is 5.88 Å². The van der Waals surface area contributed by atoms with Crippen LogP contribution in [0.1, 0.15) is 36.9 Å². The molecular weight excluding hydrogens is 262 g/mol. The molecule has 0 N–H and O–H groups in total. The van der Waals surface area contributed by atoms with E-state index in [1.165, 1.54) is 37.1 Å². The molecule has 21 heavy (non-hydrogen) atoms. The first-order valence-electron chi connectivity index (χ1n) is 8.36. The molecule has 4 rings (SSSR count). The quantitative estimate of drug-likeness (QED) is 0.851. The van der Waals surface area contributed by atoms with Gasteiger partial charge in [0, 0.05) is 44.7 Å². The monoisotopic (exact) mass is 287 g/mol. The Bertz CT molecular complexity index is 515. The Labute approximate surface area is 127 Å². The van der Waals surface area contributed by atoms with Crippen LogP contribution in [0.5, 0.6) is 5.88 Å². The highest BCUT2D eigenvalue weighted by Gasteiger charge is 2.32. The molecule has 2 aliphatic heterocycles. The predicted molar refractivity (Wildman–Crippen MR) is 82.5 cm³/mol. The summed E-state index contributed by atoms with van der Waals surface area (Å²) in [6.45, 7) is 4.40. The van der Waals surface area contributed by atoms with E-state index < -0.39 is 0 Å². The highest BCUT2D eigenvalue weighted by molar-refractivity contribution is 5.28. The summed E-state index contributed by atoms with van der Waals surface area (Å²) in [5.74, 6) is 0.832. The summed E-state index contributed by atoms with van der Waals surface area (Å²) in [5, 5.41) is 0. The van der Waals surface area contributed by atoms with Crippen molar-refractivity contribution in [3.63, 3.8) is 0 Å². The molecule has 4 nitrogen and oxygen atoms in total. The lowest BCUT2D eigenvalue weighted by Crippen LogP contribution is -2.39. The van der Waals surface area contributed by atoms with E-state index in [2.05, 4.69) is 29.0 Å². The van der Waals surface area contributed by atoms with Gasteiger partial charge in [-0.1, -0.05) is 12.5 Å². The van der Waals surface area contributed by atoms with Gasteiger partial charge in [-0.15, -0.1) is 0 Å². The van der Waals surface area contributed by atoms with Gasteiger partial charge in [-0.05, 0) is 31.9 Å². The van der Waals surface area contributed by atoms with Crippen molar-refractivity contribution in [2.75, 3.05) is 26.7 Å². The molecule has 2 fully saturated rings. The minimum atomic E-state index is 0.336. The lowest BCUT2D eigenvalue weighted by Gasteiger charge is -2.34. The van der Waals surface area contributed by atoms with Gasteiger partial charge in [-0.25, -0.2) is 4.98 Å². The number of nitrogens with zero attached hydrogens (tertiary/aromatic N) is 3. The van der Waals surface area contributed by atoms with Crippen LogP contribution in [0, 0.1) is 0 Å². The highest BCUT2D eigenvalue weighted by Crippen LogP contribution is 2.29. The standard InChI is InChI=1S/C17H25N3O/c1-19-9-8-16-13(11-19)5-6-17(18-16)21-15-7-10-20(12-15)14-3-2-4-14/h5-6,14-15H,2-4,7-12H2,1H3/t15-/m1/s1. The number of rotatable bonds is 3. The average molecular weight is 287 g/mol. The fourth-order valence-corrected chi connectivity index (χ4v) is 3.71. The van der Waals surface area contributed by atoms with Crippen LogP contribution in [-0.2, 0) is 13.0 Å². The zero-order valence-corrected chi connectivity index (χ0v) is 12.9. The average Bonchev–Trinajstić information content (AvgIpc) is 2.85. The third kappa shape index (κ3) is 2.79. The Hall–Kier alpha value is -1.13. The third-order valence-electron chi connectivity index (χ3n) is 5.27.